The molecule has 4 aromatic rings. The molecule has 4 rings (SSSR count). The highest BCUT2D eigenvalue weighted by molar-refractivity contribution is 9.11. The Bertz CT molecular complexity index is 1550. The highest BCUT2D eigenvalue weighted by Gasteiger charge is 2.16. The Hall–Kier alpha value is -2.80. The molecule has 0 fully saturated rings. The molecule has 0 N–H and O–H groups in total. The minimum absolute atomic E-state index is 0.0495. The van der Waals surface area contributed by atoms with Crippen LogP contribution in [-0.4, -0.2) is 15.9 Å². The van der Waals surface area contributed by atoms with E-state index in [0.717, 1.165) is 22.0 Å². The van der Waals surface area contributed by atoms with E-state index < -0.39 is 0 Å². The fourth-order valence-corrected chi connectivity index (χ4v) is 5.41. The molecule has 182 valence electrons. The molecule has 0 saturated carbocycles. The third-order valence-corrected chi connectivity index (χ3v) is 7.41. The summed E-state index contributed by atoms with van der Waals surface area (Å²) in [5.74, 6) is 1.27. The van der Waals surface area contributed by atoms with Gasteiger partial charge in [-0.05, 0) is 80.2 Å². The van der Waals surface area contributed by atoms with Crippen LogP contribution in [0, 0.1) is 11.3 Å². The number of ether oxygens (including phenoxy) is 1. The van der Waals surface area contributed by atoms with Crippen molar-refractivity contribution in [3.63, 3.8) is 0 Å². The number of halogens is 3. The monoisotopic (exact) mass is 670 g/mol. The van der Waals surface area contributed by atoms with Gasteiger partial charge in [0.05, 0.1) is 37.7 Å². The van der Waals surface area contributed by atoms with Gasteiger partial charge in [-0.1, -0.05) is 48.0 Å². The highest BCUT2D eigenvalue weighted by atomic mass is 79.9. The quantitative estimate of drug-likeness (QED) is 0.190. The number of hydrogen-bond donors (Lipinski definition) is 0. The van der Waals surface area contributed by atoms with E-state index in [1.807, 2.05) is 49.4 Å². The molecule has 36 heavy (non-hydrogen) atoms. The first kappa shape index (κ1) is 26.3. The molecule has 0 spiro atoms. The van der Waals surface area contributed by atoms with Crippen LogP contribution < -0.4 is 10.3 Å². The third-order valence-electron chi connectivity index (χ3n) is 5.74. The van der Waals surface area contributed by atoms with Gasteiger partial charge in [0.25, 0.3) is 5.56 Å². The average molecular weight is 673 g/mol. The highest BCUT2D eigenvalue weighted by Crippen LogP contribution is 2.35. The Morgan fingerprint density at radius 3 is 2.56 bits per heavy atom. The van der Waals surface area contributed by atoms with Gasteiger partial charge in [0, 0.05) is 16.0 Å². The van der Waals surface area contributed by atoms with E-state index in [0.29, 0.717) is 37.0 Å². The van der Waals surface area contributed by atoms with Gasteiger partial charge in [0.1, 0.15) is 18.2 Å². The van der Waals surface area contributed by atoms with Gasteiger partial charge in [-0.25, -0.2) is 4.98 Å². The Kier molecular flexibility index (Phi) is 8.39. The summed E-state index contributed by atoms with van der Waals surface area (Å²) in [5, 5.41) is 14.3. The van der Waals surface area contributed by atoms with Crippen molar-refractivity contribution in [2.45, 2.75) is 32.8 Å². The molecular formula is C27H21Br3N4O2. The average Bonchev–Trinajstić information content (AvgIpc) is 2.87. The zero-order valence-corrected chi connectivity index (χ0v) is 24.3. The molecule has 6 nitrogen and oxygen atoms in total. The lowest BCUT2D eigenvalue weighted by molar-refractivity contribution is 0.302. The zero-order chi connectivity index (χ0) is 25.8. The van der Waals surface area contributed by atoms with E-state index in [1.165, 1.54) is 4.68 Å². The van der Waals surface area contributed by atoms with Crippen molar-refractivity contribution in [3.8, 4) is 11.8 Å². The van der Waals surface area contributed by atoms with Crippen molar-refractivity contribution in [1.29, 1.82) is 5.26 Å². The number of rotatable bonds is 7. The van der Waals surface area contributed by atoms with Gasteiger partial charge in [-0.2, -0.15) is 15.0 Å². The van der Waals surface area contributed by atoms with Crippen molar-refractivity contribution < 1.29 is 4.74 Å². The number of hydrogen-bond acceptors (Lipinski definition) is 5. The smallest absolute Gasteiger partial charge is 0.282 e. The summed E-state index contributed by atoms with van der Waals surface area (Å²) in [7, 11) is 0. The predicted octanol–water partition coefficient (Wildman–Crippen LogP) is 7.53. The molecule has 0 aliphatic heterocycles. The van der Waals surface area contributed by atoms with Crippen LogP contribution in [0.25, 0.3) is 10.9 Å². The fourth-order valence-electron chi connectivity index (χ4n) is 3.60. The lowest BCUT2D eigenvalue weighted by Gasteiger charge is -2.14. The molecule has 0 unspecified atom stereocenters. The molecule has 1 atom stereocenters. The number of aromatic nitrogens is 2. The standard InChI is InChI=1S/C27H21Br3N4O2/c1-3-16(2)26-33-24-9-8-20(28)12-21(24)27(35)34(26)32-14-17-10-22(29)25(23(30)11-17)36-15-19-7-5-4-6-18(19)13-31/h4-12,14,16H,3,15H2,1-2H3/t16-/m0/s1. The largest absolute Gasteiger partial charge is 0.486 e. The molecule has 1 aromatic heterocycles. The van der Waals surface area contributed by atoms with Crippen LogP contribution in [0.3, 0.4) is 0 Å². The SMILES string of the molecule is CC[C@H](C)c1nc2ccc(Br)cc2c(=O)n1N=Cc1cc(Br)c(OCc2ccccc2C#N)c(Br)c1. The van der Waals surface area contributed by atoms with Crippen LogP contribution in [0.1, 0.15) is 48.7 Å². The van der Waals surface area contributed by atoms with E-state index in [1.54, 1.807) is 18.3 Å². The summed E-state index contributed by atoms with van der Waals surface area (Å²) in [5.41, 5.74) is 2.57. The van der Waals surface area contributed by atoms with Crippen LogP contribution in [0.2, 0.25) is 0 Å². The Morgan fingerprint density at radius 2 is 1.86 bits per heavy atom. The molecular weight excluding hydrogens is 652 g/mol. The first-order valence-corrected chi connectivity index (χ1v) is 13.6. The van der Waals surface area contributed by atoms with Crippen molar-refractivity contribution >= 4 is 64.9 Å². The maximum Gasteiger partial charge on any atom is 0.282 e. The summed E-state index contributed by atoms with van der Waals surface area (Å²) >= 11 is 10.6. The summed E-state index contributed by atoms with van der Waals surface area (Å²) in [6.07, 6.45) is 2.45. The fraction of sp³-hybridized carbons (Fsp3) is 0.185. The minimum atomic E-state index is -0.220. The third kappa shape index (κ3) is 5.61. The maximum atomic E-state index is 13.3. The van der Waals surface area contributed by atoms with E-state index >= 15 is 0 Å². The normalized spacial score (nSPS) is 12.1. The maximum absolute atomic E-state index is 13.3. The molecule has 0 radical (unpaired) electrons. The topological polar surface area (TPSA) is 80.3 Å². The second-order valence-electron chi connectivity index (χ2n) is 8.17. The van der Waals surface area contributed by atoms with Crippen molar-refractivity contribution in [2.24, 2.45) is 5.10 Å². The van der Waals surface area contributed by atoms with E-state index in [4.69, 9.17) is 9.72 Å². The second kappa shape index (κ2) is 11.5. The summed E-state index contributed by atoms with van der Waals surface area (Å²) < 4.78 is 9.61. The first-order chi connectivity index (χ1) is 17.3. The minimum Gasteiger partial charge on any atom is -0.486 e. The molecule has 1 heterocycles. The predicted molar refractivity (Wildman–Crippen MR) is 153 cm³/mol. The second-order valence-corrected chi connectivity index (χ2v) is 10.8. The lowest BCUT2D eigenvalue weighted by Crippen LogP contribution is -2.23. The molecule has 9 heteroatoms. The van der Waals surface area contributed by atoms with Crippen molar-refractivity contribution in [3.05, 3.63) is 101 Å². The van der Waals surface area contributed by atoms with Gasteiger partial charge in [-0.3, -0.25) is 4.79 Å². The first-order valence-electron chi connectivity index (χ1n) is 11.2. The summed E-state index contributed by atoms with van der Waals surface area (Å²) in [6, 6.07) is 18.7. The van der Waals surface area contributed by atoms with Gasteiger partial charge >= 0.3 is 0 Å². The van der Waals surface area contributed by atoms with Gasteiger partial charge in [-0.15, -0.1) is 0 Å². The van der Waals surface area contributed by atoms with E-state index in [-0.39, 0.29) is 18.1 Å². The van der Waals surface area contributed by atoms with Crippen LogP contribution in [0.4, 0.5) is 0 Å². The molecule has 0 bridgehead atoms. The number of nitriles is 1. The Morgan fingerprint density at radius 1 is 1.14 bits per heavy atom. The summed E-state index contributed by atoms with van der Waals surface area (Å²) in [4.78, 5) is 18.1. The molecule has 0 amide bonds. The molecule has 0 aliphatic rings. The van der Waals surface area contributed by atoms with Crippen LogP contribution in [-0.2, 0) is 6.61 Å². The Balaban J connectivity index is 1.67. The molecule has 0 saturated heterocycles. The van der Waals surface area contributed by atoms with Crippen LogP contribution in [0.5, 0.6) is 5.75 Å². The Labute approximate surface area is 234 Å². The van der Waals surface area contributed by atoms with Gasteiger partial charge < -0.3 is 4.74 Å². The van der Waals surface area contributed by atoms with Crippen molar-refractivity contribution in [2.75, 3.05) is 0 Å². The number of nitrogens with zero attached hydrogens (tertiary/aromatic N) is 4. The van der Waals surface area contributed by atoms with Gasteiger partial charge in [0.15, 0.2) is 0 Å². The number of fused-ring (bicyclic) bond motifs is 1. The van der Waals surface area contributed by atoms with Crippen molar-refractivity contribution in [1.82, 2.24) is 9.66 Å². The summed E-state index contributed by atoms with van der Waals surface area (Å²) in [6.45, 7) is 4.33. The van der Waals surface area contributed by atoms with E-state index in [2.05, 4.69) is 65.9 Å². The van der Waals surface area contributed by atoms with Crippen LogP contribution >= 0.6 is 47.8 Å². The van der Waals surface area contributed by atoms with Crippen LogP contribution in [0.15, 0.2) is 77.9 Å². The van der Waals surface area contributed by atoms with E-state index in [9.17, 15) is 10.1 Å². The number of benzene rings is 3. The van der Waals surface area contributed by atoms with Gasteiger partial charge in [0.2, 0.25) is 0 Å². The molecule has 0 aliphatic carbocycles. The molecule has 3 aromatic carbocycles. The zero-order valence-electron chi connectivity index (χ0n) is 19.5. The lowest BCUT2D eigenvalue weighted by atomic mass is 10.1.